The minimum atomic E-state index is 0.265. The van der Waals surface area contributed by atoms with Crippen molar-refractivity contribution in [1.29, 1.82) is 0 Å². The highest BCUT2D eigenvalue weighted by Crippen LogP contribution is 2.26. The van der Waals surface area contributed by atoms with Crippen molar-refractivity contribution in [3.05, 3.63) is 0 Å². The number of hydrogen-bond acceptors (Lipinski definition) is 1. The van der Waals surface area contributed by atoms with Gasteiger partial charge in [0, 0.05) is 5.54 Å². The Morgan fingerprint density at radius 3 is 1.93 bits per heavy atom. The molecule has 0 aliphatic carbocycles. The van der Waals surface area contributed by atoms with E-state index in [1.54, 1.807) is 0 Å². The van der Waals surface area contributed by atoms with E-state index >= 15 is 0 Å². The maximum Gasteiger partial charge on any atom is 0.00965 e. The first-order chi connectivity index (χ1) is 6.27. The zero-order valence-electron chi connectivity index (χ0n) is 11.0. The second-order valence-corrected chi connectivity index (χ2v) is 6.19. The van der Waals surface area contributed by atoms with Crippen LogP contribution in [0.25, 0.3) is 0 Å². The van der Waals surface area contributed by atoms with E-state index < -0.39 is 0 Å². The molecule has 0 saturated carbocycles. The summed E-state index contributed by atoms with van der Waals surface area (Å²) in [4.78, 5) is 0. The Labute approximate surface area is 90.7 Å². The van der Waals surface area contributed by atoms with E-state index in [1.807, 2.05) is 0 Å². The molecule has 0 rings (SSSR count). The fraction of sp³-hybridized carbons (Fsp3) is 1.00. The van der Waals surface area contributed by atoms with Crippen molar-refractivity contribution in [2.75, 3.05) is 6.54 Å². The predicted molar refractivity (Wildman–Crippen MR) is 65.7 cm³/mol. The molecule has 0 amide bonds. The van der Waals surface area contributed by atoms with Crippen LogP contribution in [0.4, 0.5) is 0 Å². The molecule has 0 aliphatic rings. The Kier molecular flexibility index (Phi) is 5.73. The summed E-state index contributed by atoms with van der Waals surface area (Å²) in [6.45, 7) is 14.9. The topological polar surface area (TPSA) is 12.0 Å². The molecule has 1 heteroatoms. The lowest BCUT2D eigenvalue weighted by atomic mass is 9.84. The minimum absolute atomic E-state index is 0.265. The van der Waals surface area contributed by atoms with Crippen molar-refractivity contribution in [2.24, 2.45) is 5.41 Å². The van der Waals surface area contributed by atoms with Crippen LogP contribution in [-0.4, -0.2) is 12.1 Å². The zero-order valence-corrected chi connectivity index (χ0v) is 11.0. The largest absolute Gasteiger partial charge is 0.312 e. The van der Waals surface area contributed by atoms with Gasteiger partial charge in [0.25, 0.3) is 0 Å². The van der Waals surface area contributed by atoms with Crippen LogP contribution in [0.2, 0.25) is 0 Å². The van der Waals surface area contributed by atoms with E-state index in [9.17, 15) is 0 Å². The molecule has 0 atom stereocenters. The average molecular weight is 199 g/mol. The maximum absolute atomic E-state index is 3.55. The minimum Gasteiger partial charge on any atom is -0.312 e. The molecular formula is C13H29N. The Bertz CT molecular complexity index is 142. The van der Waals surface area contributed by atoms with E-state index in [4.69, 9.17) is 0 Å². The van der Waals surface area contributed by atoms with Crippen molar-refractivity contribution in [3.63, 3.8) is 0 Å². The highest BCUT2D eigenvalue weighted by atomic mass is 14.9. The first-order valence-corrected chi connectivity index (χ1v) is 6.02. The summed E-state index contributed by atoms with van der Waals surface area (Å²) in [5, 5.41) is 3.55. The molecule has 0 aromatic rings. The molecule has 0 heterocycles. The van der Waals surface area contributed by atoms with Gasteiger partial charge >= 0.3 is 0 Å². The average Bonchev–Trinajstić information content (AvgIpc) is 1.98. The quantitative estimate of drug-likeness (QED) is 0.682. The highest BCUT2D eigenvalue weighted by Gasteiger charge is 2.17. The van der Waals surface area contributed by atoms with E-state index in [1.165, 1.54) is 25.7 Å². The summed E-state index contributed by atoms with van der Waals surface area (Å²) in [5.74, 6) is 0. The molecule has 1 nitrogen and oxygen atoms in total. The smallest absolute Gasteiger partial charge is 0.00965 e. The van der Waals surface area contributed by atoms with Gasteiger partial charge in [-0.05, 0) is 45.6 Å². The summed E-state index contributed by atoms with van der Waals surface area (Å²) in [6.07, 6.45) is 5.32. The van der Waals surface area contributed by atoms with Gasteiger partial charge in [-0.3, -0.25) is 0 Å². The second-order valence-electron chi connectivity index (χ2n) is 6.19. The van der Waals surface area contributed by atoms with Crippen molar-refractivity contribution in [2.45, 2.75) is 72.8 Å². The van der Waals surface area contributed by atoms with Crippen LogP contribution in [0, 0.1) is 5.41 Å². The van der Waals surface area contributed by atoms with Gasteiger partial charge in [-0.15, -0.1) is 0 Å². The standard InChI is InChI=1S/C13H29N/c1-7-8-9-13(5,6)10-11-14-12(2,3)4/h14H,7-11H2,1-6H3. The molecule has 0 aromatic carbocycles. The summed E-state index contributed by atoms with van der Waals surface area (Å²) in [7, 11) is 0. The van der Waals surface area contributed by atoms with Crippen LogP contribution < -0.4 is 5.32 Å². The Balaban J connectivity index is 3.65. The lowest BCUT2D eigenvalue weighted by Gasteiger charge is -2.27. The van der Waals surface area contributed by atoms with Crippen molar-refractivity contribution >= 4 is 0 Å². The van der Waals surface area contributed by atoms with E-state index in [0.29, 0.717) is 5.41 Å². The number of nitrogens with one attached hydrogen (secondary N) is 1. The van der Waals surface area contributed by atoms with E-state index in [-0.39, 0.29) is 5.54 Å². The normalized spacial score (nSPS) is 13.3. The van der Waals surface area contributed by atoms with Crippen molar-refractivity contribution < 1.29 is 0 Å². The third-order valence-corrected chi connectivity index (χ3v) is 2.66. The van der Waals surface area contributed by atoms with Gasteiger partial charge in [-0.2, -0.15) is 0 Å². The molecule has 0 radical (unpaired) electrons. The van der Waals surface area contributed by atoms with Gasteiger partial charge in [0.2, 0.25) is 0 Å². The Morgan fingerprint density at radius 1 is 0.929 bits per heavy atom. The van der Waals surface area contributed by atoms with Gasteiger partial charge < -0.3 is 5.32 Å². The summed E-state index contributed by atoms with van der Waals surface area (Å²) >= 11 is 0. The lowest BCUT2D eigenvalue weighted by molar-refractivity contribution is 0.277. The van der Waals surface area contributed by atoms with Crippen LogP contribution in [0.1, 0.15) is 67.2 Å². The Morgan fingerprint density at radius 2 is 1.50 bits per heavy atom. The Hall–Kier alpha value is -0.0400. The predicted octanol–water partition coefficient (Wildman–Crippen LogP) is 3.98. The van der Waals surface area contributed by atoms with Gasteiger partial charge in [0.15, 0.2) is 0 Å². The van der Waals surface area contributed by atoms with Crippen molar-refractivity contribution in [3.8, 4) is 0 Å². The van der Waals surface area contributed by atoms with Gasteiger partial charge in [-0.1, -0.05) is 33.6 Å². The van der Waals surface area contributed by atoms with E-state index in [0.717, 1.165) is 6.54 Å². The molecule has 0 saturated heterocycles. The van der Waals surface area contributed by atoms with Crippen LogP contribution in [0.5, 0.6) is 0 Å². The van der Waals surface area contributed by atoms with Crippen LogP contribution in [-0.2, 0) is 0 Å². The van der Waals surface area contributed by atoms with Crippen LogP contribution in [0.3, 0.4) is 0 Å². The number of rotatable bonds is 6. The monoisotopic (exact) mass is 199 g/mol. The molecular weight excluding hydrogens is 170 g/mol. The molecule has 0 aromatic heterocycles. The first-order valence-electron chi connectivity index (χ1n) is 6.02. The molecule has 0 aliphatic heterocycles. The highest BCUT2D eigenvalue weighted by molar-refractivity contribution is 4.74. The number of hydrogen-bond donors (Lipinski definition) is 1. The summed E-state index contributed by atoms with van der Waals surface area (Å²) < 4.78 is 0. The summed E-state index contributed by atoms with van der Waals surface area (Å²) in [5.41, 5.74) is 0.773. The first kappa shape index (κ1) is 14.0. The molecule has 1 N–H and O–H groups in total. The zero-order chi connectivity index (χ0) is 11.2. The van der Waals surface area contributed by atoms with Crippen molar-refractivity contribution in [1.82, 2.24) is 5.32 Å². The third kappa shape index (κ3) is 8.55. The summed E-state index contributed by atoms with van der Waals surface area (Å²) in [6, 6.07) is 0. The van der Waals surface area contributed by atoms with Gasteiger partial charge in [-0.25, -0.2) is 0 Å². The second kappa shape index (κ2) is 5.75. The fourth-order valence-electron chi connectivity index (χ4n) is 1.56. The lowest BCUT2D eigenvalue weighted by Crippen LogP contribution is -2.37. The third-order valence-electron chi connectivity index (χ3n) is 2.66. The van der Waals surface area contributed by atoms with Gasteiger partial charge in [0.1, 0.15) is 0 Å². The molecule has 0 unspecified atom stereocenters. The molecule has 14 heavy (non-hydrogen) atoms. The van der Waals surface area contributed by atoms with E-state index in [2.05, 4.69) is 46.9 Å². The maximum atomic E-state index is 3.55. The van der Waals surface area contributed by atoms with Gasteiger partial charge in [0.05, 0.1) is 0 Å². The van der Waals surface area contributed by atoms with Crippen LogP contribution in [0.15, 0.2) is 0 Å². The molecule has 0 fully saturated rings. The number of unbranched alkanes of at least 4 members (excludes halogenated alkanes) is 1. The molecule has 86 valence electrons. The SMILES string of the molecule is CCCCC(C)(C)CCNC(C)(C)C. The molecule has 0 spiro atoms. The van der Waals surface area contributed by atoms with Crippen LogP contribution >= 0.6 is 0 Å². The fourth-order valence-corrected chi connectivity index (χ4v) is 1.56. The molecule has 0 bridgehead atoms.